The number of fused-ring (bicyclic) bond motifs is 1. The molecule has 0 aliphatic rings. The van der Waals surface area contributed by atoms with Gasteiger partial charge in [-0.1, -0.05) is 23.7 Å². The zero-order valence-electron chi connectivity index (χ0n) is 13.0. The van der Waals surface area contributed by atoms with E-state index in [1.165, 1.54) is 12.3 Å². The third kappa shape index (κ3) is 3.55. The Kier molecular flexibility index (Phi) is 4.83. The van der Waals surface area contributed by atoms with Crippen LogP contribution in [0.2, 0.25) is 5.02 Å². The SMILES string of the molecule is O=C(NCc1ccc(Cl)cc1)c1c[nH]c2c(F)cc(CO)cc2c1=O. The fourth-order valence-corrected chi connectivity index (χ4v) is 2.61. The van der Waals surface area contributed by atoms with Crippen LogP contribution in [0.3, 0.4) is 0 Å². The highest BCUT2D eigenvalue weighted by molar-refractivity contribution is 6.30. The molecule has 0 aliphatic heterocycles. The fourth-order valence-electron chi connectivity index (χ4n) is 2.48. The molecule has 0 atom stereocenters. The minimum absolute atomic E-state index is 0.00329. The molecule has 0 radical (unpaired) electrons. The molecule has 0 unspecified atom stereocenters. The predicted octanol–water partition coefficient (Wildman–Crippen LogP) is 2.74. The van der Waals surface area contributed by atoms with E-state index >= 15 is 0 Å². The van der Waals surface area contributed by atoms with Crippen LogP contribution in [-0.2, 0) is 13.2 Å². The first-order valence-corrected chi connectivity index (χ1v) is 7.84. The number of H-pyrrole nitrogens is 1. The molecule has 128 valence electrons. The van der Waals surface area contributed by atoms with Crippen molar-refractivity contribution in [3.63, 3.8) is 0 Å². The fraction of sp³-hybridized carbons (Fsp3) is 0.111. The van der Waals surface area contributed by atoms with Crippen molar-refractivity contribution >= 4 is 28.4 Å². The molecule has 0 spiro atoms. The Morgan fingerprint density at radius 1 is 1.20 bits per heavy atom. The highest BCUT2D eigenvalue weighted by Crippen LogP contribution is 2.16. The van der Waals surface area contributed by atoms with Gasteiger partial charge >= 0.3 is 0 Å². The van der Waals surface area contributed by atoms with Crippen LogP contribution in [0.15, 0.2) is 47.4 Å². The highest BCUT2D eigenvalue weighted by Gasteiger charge is 2.15. The molecular weight excluding hydrogens is 347 g/mol. The van der Waals surface area contributed by atoms with E-state index in [2.05, 4.69) is 10.3 Å². The molecular formula is C18H14ClFN2O3. The Morgan fingerprint density at radius 3 is 2.60 bits per heavy atom. The summed E-state index contributed by atoms with van der Waals surface area (Å²) in [6.07, 6.45) is 1.18. The Morgan fingerprint density at radius 2 is 1.92 bits per heavy atom. The summed E-state index contributed by atoms with van der Waals surface area (Å²) >= 11 is 5.80. The number of aromatic nitrogens is 1. The Hall–Kier alpha value is -2.70. The summed E-state index contributed by atoms with van der Waals surface area (Å²) in [5.41, 5.74) is 0.349. The van der Waals surface area contributed by atoms with Crippen LogP contribution in [0.4, 0.5) is 4.39 Å². The van der Waals surface area contributed by atoms with Crippen LogP contribution >= 0.6 is 11.6 Å². The van der Waals surface area contributed by atoms with E-state index in [0.717, 1.165) is 11.6 Å². The summed E-state index contributed by atoms with van der Waals surface area (Å²) in [5.74, 6) is -1.24. The number of hydrogen-bond donors (Lipinski definition) is 3. The van der Waals surface area contributed by atoms with E-state index in [4.69, 9.17) is 16.7 Å². The summed E-state index contributed by atoms with van der Waals surface area (Å²) in [7, 11) is 0. The van der Waals surface area contributed by atoms with E-state index < -0.39 is 23.8 Å². The van der Waals surface area contributed by atoms with Crippen LogP contribution in [0.25, 0.3) is 10.9 Å². The minimum Gasteiger partial charge on any atom is -0.392 e. The maximum absolute atomic E-state index is 14.0. The number of nitrogens with one attached hydrogen (secondary N) is 2. The quantitative estimate of drug-likeness (QED) is 0.669. The third-order valence-corrected chi connectivity index (χ3v) is 4.05. The van der Waals surface area contributed by atoms with Gasteiger partial charge < -0.3 is 15.4 Å². The first-order valence-electron chi connectivity index (χ1n) is 7.47. The average Bonchev–Trinajstić information content (AvgIpc) is 2.61. The zero-order chi connectivity index (χ0) is 18.0. The molecule has 0 aliphatic carbocycles. The topological polar surface area (TPSA) is 82.2 Å². The first-order chi connectivity index (χ1) is 12.0. The molecule has 3 aromatic rings. The largest absolute Gasteiger partial charge is 0.392 e. The predicted molar refractivity (Wildman–Crippen MR) is 93.1 cm³/mol. The second kappa shape index (κ2) is 7.04. The molecule has 5 nitrogen and oxygen atoms in total. The molecule has 7 heteroatoms. The summed E-state index contributed by atoms with van der Waals surface area (Å²) in [5, 5.41) is 12.4. The van der Waals surface area contributed by atoms with E-state index in [1.807, 2.05) is 0 Å². The molecule has 0 saturated carbocycles. The number of carbonyl (C=O) groups is 1. The number of benzene rings is 2. The first kappa shape index (κ1) is 17.1. The molecule has 2 aromatic carbocycles. The van der Waals surface area contributed by atoms with E-state index in [0.29, 0.717) is 5.02 Å². The molecule has 3 rings (SSSR count). The van der Waals surface area contributed by atoms with Crippen molar-refractivity contribution in [1.82, 2.24) is 10.3 Å². The van der Waals surface area contributed by atoms with E-state index in [-0.39, 0.29) is 28.6 Å². The van der Waals surface area contributed by atoms with Crippen molar-refractivity contribution in [1.29, 1.82) is 0 Å². The van der Waals surface area contributed by atoms with Crippen molar-refractivity contribution in [2.24, 2.45) is 0 Å². The Balaban J connectivity index is 1.90. The van der Waals surface area contributed by atoms with Gasteiger partial charge in [-0.05, 0) is 35.4 Å². The lowest BCUT2D eigenvalue weighted by Gasteiger charge is -2.07. The van der Waals surface area contributed by atoms with Crippen molar-refractivity contribution < 1.29 is 14.3 Å². The number of aromatic amines is 1. The van der Waals surface area contributed by atoms with Crippen LogP contribution in [-0.4, -0.2) is 16.0 Å². The van der Waals surface area contributed by atoms with Crippen molar-refractivity contribution in [2.75, 3.05) is 0 Å². The van der Waals surface area contributed by atoms with Crippen molar-refractivity contribution in [3.05, 3.63) is 80.3 Å². The Bertz CT molecular complexity index is 1000. The van der Waals surface area contributed by atoms with Gasteiger partial charge in [-0.3, -0.25) is 9.59 Å². The van der Waals surface area contributed by atoms with E-state index in [9.17, 15) is 14.0 Å². The molecule has 0 fully saturated rings. The lowest BCUT2D eigenvalue weighted by Crippen LogP contribution is -2.28. The monoisotopic (exact) mass is 360 g/mol. The summed E-state index contributed by atoms with van der Waals surface area (Å²) in [6, 6.07) is 9.42. The van der Waals surface area contributed by atoms with E-state index in [1.54, 1.807) is 24.3 Å². The van der Waals surface area contributed by atoms with Crippen LogP contribution in [0.1, 0.15) is 21.5 Å². The molecule has 1 aromatic heterocycles. The number of pyridine rings is 1. The standard InChI is InChI=1S/C18H14ClFN2O3/c19-12-3-1-10(2-4-12)7-22-18(25)14-8-21-16-13(17(14)24)5-11(9-23)6-15(16)20/h1-6,8,23H,7,9H2,(H,21,24)(H,22,25). The van der Waals surface area contributed by atoms with Gasteiger partial charge in [-0.2, -0.15) is 0 Å². The van der Waals surface area contributed by atoms with Crippen LogP contribution < -0.4 is 10.7 Å². The number of carbonyl (C=O) groups excluding carboxylic acids is 1. The minimum atomic E-state index is -0.660. The number of hydrogen-bond acceptors (Lipinski definition) is 3. The van der Waals surface area contributed by atoms with Crippen LogP contribution in [0.5, 0.6) is 0 Å². The van der Waals surface area contributed by atoms with Gasteiger partial charge in [0.1, 0.15) is 11.4 Å². The van der Waals surface area contributed by atoms with Gasteiger partial charge in [0, 0.05) is 23.2 Å². The van der Waals surface area contributed by atoms with Gasteiger partial charge in [-0.25, -0.2) is 4.39 Å². The molecule has 3 N–H and O–H groups in total. The third-order valence-electron chi connectivity index (χ3n) is 3.79. The summed E-state index contributed by atoms with van der Waals surface area (Å²) < 4.78 is 14.0. The summed E-state index contributed by atoms with van der Waals surface area (Å²) in [6.45, 7) is -0.183. The van der Waals surface area contributed by atoms with Crippen LogP contribution in [0, 0.1) is 5.82 Å². The maximum Gasteiger partial charge on any atom is 0.257 e. The Labute approximate surface area is 147 Å². The molecule has 1 amide bonds. The van der Waals surface area contributed by atoms with Gasteiger partial charge in [0.25, 0.3) is 5.91 Å². The normalized spacial score (nSPS) is 10.8. The zero-order valence-corrected chi connectivity index (χ0v) is 13.7. The number of aliphatic hydroxyl groups excluding tert-OH is 1. The van der Waals surface area contributed by atoms with Gasteiger partial charge in [0.2, 0.25) is 5.43 Å². The molecule has 0 bridgehead atoms. The lowest BCUT2D eigenvalue weighted by atomic mass is 10.1. The number of amides is 1. The molecule has 1 heterocycles. The number of rotatable bonds is 4. The second-order valence-electron chi connectivity index (χ2n) is 5.50. The van der Waals surface area contributed by atoms with Crippen molar-refractivity contribution in [3.8, 4) is 0 Å². The van der Waals surface area contributed by atoms with Gasteiger partial charge in [0.05, 0.1) is 12.1 Å². The maximum atomic E-state index is 14.0. The lowest BCUT2D eigenvalue weighted by molar-refractivity contribution is 0.0949. The van der Waals surface area contributed by atoms with Crippen molar-refractivity contribution in [2.45, 2.75) is 13.2 Å². The smallest absolute Gasteiger partial charge is 0.257 e. The van der Waals surface area contributed by atoms with Gasteiger partial charge in [-0.15, -0.1) is 0 Å². The molecule has 25 heavy (non-hydrogen) atoms. The highest BCUT2D eigenvalue weighted by atomic mass is 35.5. The molecule has 0 saturated heterocycles. The average molecular weight is 361 g/mol. The van der Waals surface area contributed by atoms with Gasteiger partial charge in [0.15, 0.2) is 0 Å². The summed E-state index contributed by atoms with van der Waals surface area (Å²) in [4.78, 5) is 27.4. The number of aliphatic hydroxyl groups is 1. The second-order valence-corrected chi connectivity index (χ2v) is 5.94. The number of halogens is 2.